The summed E-state index contributed by atoms with van der Waals surface area (Å²) < 4.78 is 6.80. The van der Waals surface area contributed by atoms with Gasteiger partial charge >= 0.3 is 0 Å². The highest BCUT2D eigenvalue weighted by molar-refractivity contribution is 9.10. The van der Waals surface area contributed by atoms with Crippen LogP contribution < -0.4 is 4.74 Å². The van der Waals surface area contributed by atoms with E-state index < -0.39 is 0 Å². The number of halogens is 2. The van der Waals surface area contributed by atoms with Crippen molar-refractivity contribution in [1.29, 1.82) is 5.26 Å². The van der Waals surface area contributed by atoms with Gasteiger partial charge in [-0.25, -0.2) is 0 Å². The van der Waals surface area contributed by atoms with Crippen molar-refractivity contribution in [1.82, 2.24) is 0 Å². The molecule has 0 fully saturated rings. The molecule has 0 aromatic heterocycles. The number of rotatable bonds is 4. The Morgan fingerprint density at radius 2 is 1.84 bits per heavy atom. The standard InChI is InChI=1S/C15H11Br2NO/c16-8-13-2-1-3-14(17)15(13)19-10-12-6-4-11(9-18)5-7-12/h1-7H,8,10H2. The third kappa shape index (κ3) is 3.59. The van der Waals surface area contributed by atoms with Crippen molar-refractivity contribution < 1.29 is 4.74 Å². The smallest absolute Gasteiger partial charge is 0.138 e. The molecule has 0 spiro atoms. The highest BCUT2D eigenvalue weighted by Gasteiger charge is 2.07. The quantitative estimate of drug-likeness (QED) is 0.714. The van der Waals surface area contributed by atoms with E-state index >= 15 is 0 Å². The van der Waals surface area contributed by atoms with Crippen molar-refractivity contribution in [2.24, 2.45) is 0 Å². The Balaban J connectivity index is 2.12. The number of hydrogen-bond donors (Lipinski definition) is 0. The number of nitrogens with zero attached hydrogens (tertiary/aromatic N) is 1. The maximum absolute atomic E-state index is 8.75. The van der Waals surface area contributed by atoms with Gasteiger partial charge in [-0.3, -0.25) is 0 Å². The molecule has 0 aliphatic carbocycles. The number of hydrogen-bond acceptors (Lipinski definition) is 2. The van der Waals surface area contributed by atoms with Gasteiger partial charge in [0.15, 0.2) is 0 Å². The van der Waals surface area contributed by atoms with Gasteiger partial charge in [-0.15, -0.1) is 0 Å². The van der Waals surface area contributed by atoms with Crippen LogP contribution in [0, 0.1) is 11.3 Å². The SMILES string of the molecule is N#Cc1ccc(COc2c(Br)cccc2CBr)cc1. The van der Waals surface area contributed by atoms with Crippen molar-refractivity contribution in [3.8, 4) is 11.8 Å². The lowest BCUT2D eigenvalue weighted by Gasteiger charge is -2.12. The Kier molecular flexibility index (Phi) is 5.00. The highest BCUT2D eigenvalue weighted by atomic mass is 79.9. The van der Waals surface area contributed by atoms with E-state index in [-0.39, 0.29) is 0 Å². The van der Waals surface area contributed by atoms with E-state index in [1.165, 1.54) is 0 Å². The average Bonchev–Trinajstić information content (AvgIpc) is 2.46. The summed E-state index contributed by atoms with van der Waals surface area (Å²) in [6.07, 6.45) is 0. The van der Waals surface area contributed by atoms with E-state index in [9.17, 15) is 0 Å². The van der Waals surface area contributed by atoms with Crippen LogP contribution in [0.1, 0.15) is 16.7 Å². The summed E-state index contributed by atoms with van der Waals surface area (Å²) in [5.41, 5.74) is 2.80. The highest BCUT2D eigenvalue weighted by Crippen LogP contribution is 2.31. The second-order valence-electron chi connectivity index (χ2n) is 3.96. The summed E-state index contributed by atoms with van der Waals surface area (Å²) in [7, 11) is 0. The second kappa shape index (κ2) is 6.74. The molecule has 0 amide bonds. The summed E-state index contributed by atoms with van der Waals surface area (Å²) in [5.74, 6) is 0.851. The lowest BCUT2D eigenvalue weighted by molar-refractivity contribution is 0.302. The second-order valence-corrected chi connectivity index (χ2v) is 5.37. The van der Waals surface area contributed by atoms with E-state index in [0.717, 1.165) is 26.7 Å². The monoisotopic (exact) mass is 379 g/mol. The third-order valence-corrected chi connectivity index (χ3v) is 3.89. The van der Waals surface area contributed by atoms with Crippen LogP contribution >= 0.6 is 31.9 Å². The van der Waals surface area contributed by atoms with Crippen LogP contribution in [-0.4, -0.2) is 0 Å². The maximum atomic E-state index is 8.75. The predicted octanol–water partition coefficient (Wildman–Crippen LogP) is 4.79. The van der Waals surface area contributed by atoms with Crippen LogP contribution in [0.25, 0.3) is 0 Å². The first kappa shape index (κ1) is 14.1. The number of alkyl halides is 1. The molecule has 0 aliphatic heterocycles. The summed E-state index contributed by atoms with van der Waals surface area (Å²) in [5, 5.41) is 9.49. The molecule has 4 heteroatoms. The molecule has 2 aromatic carbocycles. The van der Waals surface area contributed by atoms with Crippen LogP contribution in [0.15, 0.2) is 46.9 Å². The zero-order valence-electron chi connectivity index (χ0n) is 10.1. The molecule has 2 rings (SSSR count). The summed E-state index contributed by atoms with van der Waals surface area (Å²) in [6.45, 7) is 0.480. The molecular weight excluding hydrogens is 370 g/mol. The molecule has 0 unspecified atom stereocenters. The molecule has 0 bridgehead atoms. The van der Waals surface area contributed by atoms with Gasteiger partial charge in [-0.05, 0) is 39.7 Å². The first-order chi connectivity index (χ1) is 9.24. The van der Waals surface area contributed by atoms with Crippen molar-refractivity contribution in [2.45, 2.75) is 11.9 Å². The zero-order valence-corrected chi connectivity index (χ0v) is 13.2. The topological polar surface area (TPSA) is 33.0 Å². The lowest BCUT2D eigenvalue weighted by atomic mass is 10.1. The number of nitriles is 1. The van der Waals surface area contributed by atoms with Crippen molar-refractivity contribution in [3.63, 3.8) is 0 Å². The third-order valence-electron chi connectivity index (χ3n) is 2.66. The fraction of sp³-hybridized carbons (Fsp3) is 0.133. The van der Waals surface area contributed by atoms with Gasteiger partial charge < -0.3 is 4.74 Å². The molecule has 0 atom stereocenters. The minimum absolute atomic E-state index is 0.480. The zero-order chi connectivity index (χ0) is 13.7. The van der Waals surface area contributed by atoms with Gasteiger partial charge in [0.2, 0.25) is 0 Å². The molecule has 0 aliphatic rings. The van der Waals surface area contributed by atoms with Crippen molar-refractivity contribution in [3.05, 3.63) is 63.6 Å². The molecule has 96 valence electrons. The fourth-order valence-electron chi connectivity index (χ4n) is 1.65. The fourth-order valence-corrected chi connectivity index (χ4v) is 2.61. The molecule has 0 saturated carbocycles. The van der Waals surface area contributed by atoms with Crippen molar-refractivity contribution >= 4 is 31.9 Å². The van der Waals surface area contributed by atoms with Gasteiger partial charge in [-0.2, -0.15) is 5.26 Å². The first-order valence-corrected chi connectivity index (χ1v) is 7.61. The average molecular weight is 381 g/mol. The summed E-state index contributed by atoms with van der Waals surface area (Å²) >= 11 is 6.95. The Hall–Kier alpha value is -1.31. The molecule has 19 heavy (non-hydrogen) atoms. The molecule has 2 nitrogen and oxygen atoms in total. The van der Waals surface area contributed by atoms with Gasteiger partial charge in [0.1, 0.15) is 12.4 Å². The molecular formula is C15H11Br2NO. The molecule has 0 heterocycles. The van der Waals surface area contributed by atoms with Gasteiger partial charge in [-0.1, -0.05) is 40.2 Å². The molecule has 0 N–H and O–H groups in total. The number of benzene rings is 2. The largest absolute Gasteiger partial charge is 0.487 e. The van der Waals surface area contributed by atoms with E-state index in [4.69, 9.17) is 10.00 Å². The van der Waals surface area contributed by atoms with Crippen LogP contribution in [0.5, 0.6) is 5.75 Å². The Labute approximate surface area is 129 Å². The Morgan fingerprint density at radius 3 is 2.47 bits per heavy atom. The van der Waals surface area contributed by atoms with Crippen LogP contribution in [0.3, 0.4) is 0 Å². The normalized spacial score (nSPS) is 9.95. The van der Waals surface area contributed by atoms with Gasteiger partial charge in [0.25, 0.3) is 0 Å². The van der Waals surface area contributed by atoms with E-state index in [1.54, 1.807) is 12.1 Å². The van der Waals surface area contributed by atoms with Gasteiger partial charge in [0.05, 0.1) is 16.1 Å². The van der Waals surface area contributed by atoms with Gasteiger partial charge in [0, 0.05) is 10.9 Å². The van der Waals surface area contributed by atoms with Crippen molar-refractivity contribution in [2.75, 3.05) is 0 Å². The van der Waals surface area contributed by atoms with E-state index in [2.05, 4.69) is 37.9 Å². The number of ether oxygens (including phenoxy) is 1. The Morgan fingerprint density at radius 1 is 1.11 bits per heavy atom. The minimum atomic E-state index is 0.480. The molecule has 2 aromatic rings. The molecule has 0 radical (unpaired) electrons. The van der Waals surface area contributed by atoms with Crippen LogP contribution in [0.4, 0.5) is 0 Å². The predicted molar refractivity (Wildman–Crippen MR) is 82.3 cm³/mol. The first-order valence-electron chi connectivity index (χ1n) is 5.70. The Bertz CT molecular complexity index is 603. The van der Waals surface area contributed by atoms with E-state index in [1.807, 2.05) is 30.3 Å². The molecule has 0 saturated heterocycles. The van der Waals surface area contributed by atoms with Crippen LogP contribution in [0.2, 0.25) is 0 Å². The minimum Gasteiger partial charge on any atom is -0.487 e. The van der Waals surface area contributed by atoms with E-state index in [0.29, 0.717) is 12.2 Å². The summed E-state index contributed by atoms with van der Waals surface area (Å²) in [6, 6.07) is 15.5. The summed E-state index contributed by atoms with van der Waals surface area (Å²) in [4.78, 5) is 0. The van der Waals surface area contributed by atoms with Crippen LogP contribution in [-0.2, 0) is 11.9 Å². The maximum Gasteiger partial charge on any atom is 0.138 e. The number of para-hydroxylation sites is 1. The lowest BCUT2D eigenvalue weighted by Crippen LogP contribution is -1.98.